The summed E-state index contributed by atoms with van der Waals surface area (Å²) in [6, 6.07) is 10.8. The third kappa shape index (κ3) is 4.11. The Balaban J connectivity index is 0.00000147. The summed E-state index contributed by atoms with van der Waals surface area (Å²) in [7, 11) is 0. The van der Waals surface area contributed by atoms with E-state index in [4.69, 9.17) is 0 Å². The summed E-state index contributed by atoms with van der Waals surface area (Å²) in [6.45, 7) is 8.56. The van der Waals surface area contributed by atoms with Gasteiger partial charge < -0.3 is 15.1 Å². The number of benzene rings is 1. The smallest absolute Gasteiger partial charge is 0.0366 e. The summed E-state index contributed by atoms with van der Waals surface area (Å²) in [5.74, 6) is 0.901. The summed E-state index contributed by atoms with van der Waals surface area (Å²) in [5.41, 5.74) is 1.39. The van der Waals surface area contributed by atoms with Gasteiger partial charge in [0.1, 0.15) is 0 Å². The Morgan fingerprint density at radius 2 is 1.60 bits per heavy atom. The first-order valence-corrected chi connectivity index (χ1v) is 7.65. The van der Waals surface area contributed by atoms with Gasteiger partial charge in [0.2, 0.25) is 0 Å². The van der Waals surface area contributed by atoms with E-state index in [1.165, 1.54) is 64.3 Å². The van der Waals surface area contributed by atoms with Crippen molar-refractivity contribution in [2.75, 3.05) is 50.7 Å². The maximum Gasteiger partial charge on any atom is 0.0366 e. The fraction of sp³-hybridized carbons (Fsp3) is 0.625. The molecule has 1 N–H and O–H groups in total. The molecule has 0 bridgehead atoms. The van der Waals surface area contributed by atoms with Gasteiger partial charge >= 0.3 is 0 Å². The van der Waals surface area contributed by atoms with Gasteiger partial charge in [-0.2, -0.15) is 0 Å². The van der Waals surface area contributed by atoms with Crippen LogP contribution in [0.4, 0.5) is 5.69 Å². The average Bonchev–Trinajstić information content (AvgIpc) is 2.50. The van der Waals surface area contributed by atoms with Crippen molar-refractivity contribution in [3.63, 3.8) is 0 Å². The van der Waals surface area contributed by atoms with Crippen molar-refractivity contribution >= 4 is 18.1 Å². The highest BCUT2D eigenvalue weighted by Gasteiger charge is 2.22. The lowest BCUT2D eigenvalue weighted by atomic mass is 9.95. The number of halogens is 1. The van der Waals surface area contributed by atoms with Gasteiger partial charge in [-0.25, -0.2) is 0 Å². The van der Waals surface area contributed by atoms with Gasteiger partial charge in [0.25, 0.3) is 0 Å². The molecule has 2 aliphatic rings. The second-order valence-corrected chi connectivity index (χ2v) is 5.82. The molecule has 0 unspecified atom stereocenters. The lowest BCUT2D eigenvalue weighted by Gasteiger charge is -2.37. The van der Waals surface area contributed by atoms with Crippen LogP contribution in [0, 0.1) is 5.92 Å². The molecule has 4 heteroatoms. The summed E-state index contributed by atoms with van der Waals surface area (Å²) < 4.78 is 0. The molecule has 0 saturated carbocycles. The number of piperidine rings is 1. The first-order valence-electron chi connectivity index (χ1n) is 7.65. The first kappa shape index (κ1) is 15.6. The fourth-order valence-corrected chi connectivity index (χ4v) is 3.27. The van der Waals surface area contributed by atoms with Gasteiger partial charge in [0, 0.05) is 51.5 Å². The number of hydrogen-bond donors (Lipinski definition) is 1. The van der Waals surface area contributed by atoms with Gasteiger partial charge in [0.05, 0.1) is 0 Å². The van der Waals surface area contributed by atoms with Crippen LogP contribution in [0.15, 0.2) is 30.3 Å². The standard InChI is InChI=1S/C16H25N3.ClH/c1-2-4-16(5-3-1)19-10-6-15(7-11-19)14-18-12-8-17-9-13-18;/h1-5,15,17H,6-14H2;1H. The van der Waals surface area contributed by atoms with Crippen LogP contribution in [0.5, 0.6) is 0 Å². The van der Waals surface area contributed by atoms with Crippen LogP contribution in [-0.4, -0.2) is 50.7 Å². The predicted molar refractivity (Wildman–Crippen MR) is 87.9 cm³/mol. The summed E-state index contributed by atoms with van der Waals surface area (Å²) >= 11 is 0. The summed E-state index contributed by atoms with van der Waals surface area (Å²) in [4.78, 5) is 5.17. The van der Waals surface area contributed by atoms with Crippen molar-refractivity contribution in [2.24, 2.45) is 5.92 Å². The topological polar surface area (TPSA) is 18.5 Å². The molecule has 2 fully saturated rings. The third-order valence-electron chi connectivity index (χ3n) is 4.46. The molecule has 20 heavy (non-hydrogen) atoms. The van der Waals surface area contributed by atoms with Crippen molar-refractivity contribution in [1.29, 1.82) is 0 Å². The van der Waals surface area contributed by atoms with E-state index in [0.717, 1.165) is 5.92 Å². The number of rotatable bonds is 3. The number of para-hydroxylation sites is 1. The summed E-state index contributed by atoms with van der Waals surface area (Å²) in [6.07, 6.45) is 2.69. The Morgan fingerprint density at radius 3 is 2.25 bits per heavy atom. The fourth-order valence-electron chi connectivity index (χ4n) is 3.27. The highest BCUT2D eigenvalue weighted by Crippen LogP contribution is 2.23. The van der Waals surface area contributed by atoms with Crippen molar-refractivity contribution < 1.29 is 0 Å². The number of piperazine rings is 1. The average molecular weight is 296 g/mol. The van der Waals surface area contributed by atoms with E-state index in [-0.39, 0.29) is 12.4 Å². The van der Waals surface area contributed by atoms with Gasteiger partial charge in [-0.15, -0.1) is 12.4 Å². The molecule has 0 aliphatic carbocycles. The molecule has 112 valence electrons. The molecule has 0 spiro atoms. The Morgan fingerprint density at radius 1 is 0.950 bits per heavy atom. The van der Waals surface area contributed by atoms with Crippen LogP contribution in [0.25, 0.3) is 0 Å². The molecular formula is C16H26ClN3. The maximum atomic E-state index is 3.43. The SMILES string of the molecule is Cl.c1ccc(N2CCC(CN3CCNCC3)CC2)cc1. The highest BCUT2D eigenvalue weighted by atomic mass is 35.5. The van der Waals surface area contributed by atoms with Crippen LogP contribution < -0.4 is 10.2 Å². The number of hydrogen-bond acceptors (Lipinski definition) is 3. The predicted octanol–water partition coefficient (Wildman–Crippen LogP) is 2.23. The molecule has 0 amide bonds. The normalized spacial score (nSPS) is 21.5. The van der Waals surface area contributed by atoms with Crippen molar-refractivity contribution in [3.8, 4) is 0 Å². The molecule has 3 nitrogen and oxygen atoms in total. The van der Waals surface area contributed by atoms with Crippen molar-refractivity contribution in [3.05, 3.63) is 30.3 Å². The van der Waals surface area contributed by atoms with E-state index in [1.54, 1.807) is 0 Å². The Bertz CT molecular complexity index is 371. The zero-order valence-electron chi connectivity index (χ0n) is 12.1. The Kier molecular flexibility index (Phi) is 6.14. The second-order valence-electron chi connectivity index (χ2n) is 5.82. The van der Waals surface area contributed by atoms with Gasteiger partial charge in [0.15, 0.2) is 0 Å². The van der Waals surface area contributed by atoms with E-state index < -0.39 is 0 Å². The van der Waals surface area contributed by atoms with Crippen LogP contribution in [-0.2, 0) is 0 Å². The van der Waals surface area contributed by atoms with Crippen LogP contribution in [0.2, 0.25) is 0 Å². The largest absolute Gasteiger partial charge is 0.372 e. The molecule has 0 radical (unpaired) electrons. The minimum atomic E-state index is 0. The Labute approximate surface area is 128 Å². The molecule has 1 aromatic carbocycles. The van der Waals surface area contributed by atoms with E-state index in [1.807, 2.05) is 0 Å². The molecule has 0 atom stereocenters. The molecule has 3 rings (SSSR count). The van der Waals surface area contributed by atoms with Gasteiger partial charge in [-0.3, -0.25) is 0 Å². The number of anilines is 1. The van der Waals surface area contributed by atoms with E-state index in [9.17, 15) is 0 Å². The molecule has 2 saturated heterocycles. The van der Waals surface area contributed by atoms with Crippen LogP contribution in [0.3, 0.4) is 0 Å². The third-order valence-corrected chi connectivity index (χ3v) is 4.46. The monoisotopic (exact) mass is 295 g/mol. The molecule has 0 aromatic heterocycles. The van der Waals surface area contributed by atoms with E-state index >= 15 is 0 Å². The lowest BCUT2D eigenvalue weighted by molar-refractivity contribution is 0.190. The van der Waals surface area contributed by atoms with Crippen LogP contribution in [0.1, 0.15) is 12.8 Å². The zero-order chi connectivity index (χ0) is 12.9. The van der Waals surface area contributed by atoms with Gasteiger partial charge in [-0.05, 0) is 30.9 Å². The molecule has 1 aromatic rings. The maximum absolute atomic E-state index is 3.43. The van der Waals surface area contributed by atoms with E-state index in [0.29, 0.717) is 0 Å². The minimum absolute atomic E-state index is 0. The van der Waals surface area contributed by atoms with Gasteiger partial charge in [-0.1, -0.05) is 18.2 Å². The molecule has 2 aliphatic heterocycles. The highest BCUT2D eigenvalue weighted by molar-refractivity contribution is 5.85. The zero-order valence-corrected chi connectivity index (χ0v) is 12.9. The molecular weight excluding hydrogens is 270 g/mol. The Hall–Kier alpha value is -0.770. The van der Waals surface area contributed by atoms with E-state index in [2.05, 4.69) is 45.4 Å². The summed E-state index contributed by atoms with van der Waals surface area (Å²) in [5, 5.41) is 3.43. The number of nitrogens with one attached hydrogen (secondary N) is 1. The second kappa shape index (κ2) is 7.87. The van der Waals surface area contributed by atoms with Crippen LogP contribution >= 0.6 is 12.4 Å². The molecule has 2 heterocycles. The first-order chi connectivity index (χ1) is 9.42. The van der Waals surface area contributed by atoms with Crippen molar-refractivity contribution in [1.82, 2.24) is 10.2 Å². The van der Waals surface area contributed by atoms with Crippen molar-refractivity contribution in [2.45, 2.75) is 12.8 Å². The number of nitrogens with zero attached hydrogens (tertiary/aromatic N) is 2. The minimum Gasteiger partial charge on any atom is -0.372 e. The quantitative estimate of drug-likeness (QED) is 0.922. The lowest BCUT2D eigenvalue weighted by Crippen LogP contribution is -2.46.